The Morgan fingerprint density at radius 3 is 2.35 bits per heavy atom. The fourth-order valence-electron chi connectivity index (χ4n) is 2.21. The first-order valence-electron chi connectivity index (χ1n) is 6.88. The Balaban J connectivity index is 2.42. The van der Waals surface area contributed by atoms with Crippen LogP contribution in [0.3, 0.4) is 0 Å². The first-order chi connectivity index (χ1) is 9.43. The van der Waals surface area contributed by atoms with E-state index < -0.39 is 12.0 Å². The molecule has 2 N–H and O–H groups in total. The third kappa shape index (κ3) is 5.10. The molecule has 0 aromatic rings. The zero-order valence-electron chi connectivity index (χ0n) is 12.1. The maximum absolute atomic E-state index is 12.0. The summed E-state index contributed by atoms with van der Waals surface area (Å²) >= 11 is 0. The van der Waals surface area contributed by atoms with Crippen LogP contribution in [-0.4, -0.2) is 65.7 Å². The fraction of sp³-hybridized carbons (Fsp3) is 0.714. The van der Waals surface area contributed by atoms with Gasteiger partial charge < -0.3 is 15.3 Å². The summed E-state index contributed by atoms with van der Waals surface area (Å²) in [6, 6.07) is -1.36. The highest BCUT2D eigenvalue weighted by Gasteiger charge is 2.25. The molecule has 0 aromatic heterocycles. The highest BCUT2D eigenvalue weighted by atomic mass is 16.4. The Bertz CT molecular complexity index is 382. The molecule has 1 fully saturated rings. The van der Waals surface area contributed by atoms with E-state index in [2.05, 4.69) is 30.0 Å². The van der Waals surface area contributed by atoms with E-state index in [1.807, 2.05) is 0 Å². The number of nitrogens with one attached hydrogen (secondary N) is 1. The van der Waals surface area contributed by atoms with Crippen molar-refractivity contribution < 1.29 is 14.7 Å². The SMILES string of the molecule is C#CCC(NC(=O)N1CCN(CC(C)C)CC1)C(=O)O. The monoisotopic (exact) mass is 281 g/mol. The Kier molecular flexibility index (Phi) is 6.32. The average Bonchev–Trinajstić information content (AvgIpc) is 2.38. The Labute approximate surface area is 120 Å². The van der Waals surface area contributed by atoms with Gasteiger partial charge in [0.2, 0.25) is 0 Å². The van der Waals surface area contributed by atoms with Crippen LogP contribution in [0.5, 0.6) is 0 Å². The summed E-state index contributed by atoms with van der Waals surface area (Å²) in [7, 11) is 0. The van der Waals surface area contributed by atoms with Gasteiger partial charge in [-0.15, -0.1) is 12.3 Å². The molecule has 20 heavy (non-hydrogen) atoms. The van der Waals surface area contributed by atoms with E-state index in [9.17, 15) is 9.59 Å². The van der Waals surface area contributed by atoms with E-state index in [0.29, 0.717) is 19.0 Å². The van der Waals surface area contributed by atoms with Gasteiger partial charge in [-0.25, -0.2) is 9.59 Å². The molecule has 1 heterocycles. The van der Waals surface area contributed by atoms with Crippen LogP contribution in [0.1, 0.15) is 20.3 Å². The molecule has 1 aliphatic heterocycles. The van der Waals surface area contributed by atoms with Gasteiger partial charge in [0.05, 0.1) is 0 Å². The molecule has 1 unspecified atom stereocenters. The molecule has 0 saturated carbocycles. The van der Waals surface area contributed by atoms with Crippen LogP contribution < -0.4 is 5.32 Å². The van der Waals surface area contributed by atoms with Crippen molar-refractivity contribution in [2.45, 2.75) is 26.3 Å². The van der Waals surface area contributed by atoms with Crippen molar-refractivity contribution in [1.82, 2.24) is 15.1 Å². The lowest BCUT2D eigenvalue weighted by Gasteiger charge is -2.35. The van der Waals surface area contributed by atoms with Crippen LogP contribution in [0, 0.1) is 18.3 Å². The van der Waals surface area contributed by atoms with Crippen LogP contribution >= 0.6 is 0 Å². The molecule has 2 amide bonds. The smallest absolute Gasteiger partial charge is 0.327 e. The summed E-state index contributed by atoms with van der Waals surface area (Å²) in [4.78, 5) is 26.9. The molecule has 1 atom stereocenters. The van der Waals surface area contributed by atoms with Crippen molar-refractivity contribution in [1.29, 1.82) is 0 Å². The number of urea groups is 1. The normalized spacial score (nSPS) is 17.6. The maximum atomic E-state index is 12.0. The lowest BCUT2D eigenvalue weighted by atomic mass is 10.2. The van der Waals surface area contributed by atoms with Gasteiger partial charge in [0.15, 0.2) is 0 Å². The molecular weight excluding hydrogens is 258 g/mol. The number of carboxylic acid groups (broad SMARTS) is 1. The van der Waals surface area contributed by atoms with E-state index in [1.165, 1.54) is 0 Å². The van der Waals surface area contributed by atoms with Gasteiger partial charge in [-0.1, -0.05) is 13.8 Å². The zero-order valence-corrected chi connectivity index (χ0v) is 12.1. The van der Waals surface area contributed by atoms with Crippen molar-refractivity contribution in [3.8, 4) is 12.3 Å². The average molecular weight is 281 g/mol. The second-order valence-electron chi connectivity index (χ2n) is 5.43. The third-order valence-electron chi connectivity index (χ3n) is 3.20. The van der Waals surface area contributed by atoms with Crippen molar-refractivity contribution >= 4 is 12.0 Å². The molecule has 0 aliphatic carbocycles. The molecule has 6 heteroatoms. The standard InChI is InChI=1S/C14H23N3O3/c1-4-5-12(13(18)19)15-14(20)17-8-6-16(7-9-17)10-11(2)3/h1,11-12H,5-10H2,2-3H3,(H,15,20)(H,18,19). The number of hydrogen-bond acceptors (Lipinski definition) is 3. The lowest BCUT2D eigenvalue weighted by molar-refractivity contribution is -0.139. The topological polar surface area (TPSA) is 72.9 Å². The van der Waals surface area contributed by atoms with Gasteiger partial charge in [0.25, 0.3) is 0 Å². The zero-order chi connectivity index (χ0) is 15.1. The van der Waals surface area contributed by atoms with E-state index in [4.69, 9.17) is 11.5 Å². The van der Waals surface area contributed by atoms with Crippen LogP contribution in [0.4, 0.5) is 4.79 Å². The first kappa shape index (κ1) is 16.3. The highest BCUT2D eigenvalue weighted by molar-refractivity contribution is 5.82. The minimum absolute atomic E-state index is 0.00557. The predicted octanol–water partition coefficient (Wildman–Crippen LogP) is 0.446. The molecule has 0 spiro atoms. The summed E-state index contributed by atoms with van der Waals surface area (Å²) in [5, 5.41) is 11.4. The number of carboxylic acids is 1. The third-order valence-corrected chi connectivity index (χ3v) is 3.20. The van der Waals surface area contributed by atoms with Gasteiger partial charge in [0, 0.05) is 39.1 Å². The van der Waals surface area contributed by atoms with Gasteiger partial charge in [-0.05, 0) is 5.92 Å². The van der Waals surface area contributed by atoms with E-state index in [1.54, 1.807) is 4.90 Å². The molecule has 0 bridgehead atoms. The number of aliphatic carboxylic acids is 1. The lowest BCUT2D eigenvalue weighted by Crippen LogP contribution is -2.54. The Morgan fingerprint density at radius 2 is 1.90 bits per heavy atom. The number of piperazine rings is 1. The molecule has 1 saturated heterocycles. The van der Waals surface area contributed by atoms with Crippen molar-refractivity contribution in [3.63, 3.8) is 0 Å². The molecule has 0 aromatic carbocycles. The predicted molar refractivity (Wildman–Crippen MR) is 76.3 cm³/mol. The number of rotatable bonds is 5. The fourth-order valence-corrected chi connectivity index (χ4v) is 2.21. The molecule has 1 aliphatic rings. The largest absolute Gasteiger partial charge is 0.480 e. The summed E-state index contributed by atoms with van der Waals surface area (Å²) in [5.74, 6) is 1.76. The summed E-state index contributed by atoms with van der Waals surface area (Å²) in [6.45, 7) is 8.20. The van der Waals surface area contributed by atoms with Gasteiger partial charge >= 0.3 is 12.0 Å². The number of hydrogen-bond donors (Lipinski definition) is 2. The number of terminal acetylenes is 1. The van der Waals surface area contributed by atoms with E-state index in [-0.39, 0.29) is 12.5 Å². The Hall–Kier alpha value is -1.74. The van der Waals surface area contributed by atoms with E-state index >= 15 is 0 Å². The molecule has 112 valence electrons. The number of carbonyl (C=O) groups excluding carboxylic acids is 1. The molecule has 0 radical (unpaired) electrons. The van der Waals surface area contributed by atoms with Crippen LogP contribution in [-0.2, 0) is 4.79 Å². The first-order valence-corrected chi connectivity index (χ1v) is 6.88. The van der Waals surface area contributed by atoms with Crippen molar-refractivity contribution in [2.24, 2.45) is 5.92 Å². The second-order valence-corrected chi connectivity index (χ2v) is 5.43. The molecule has 6 nitrogen and oxygen atoms in total. The summed E-state index contributed by atoms with van der Waals surface area (Å²) < 4.78 is 0. The highest BCUT2D eigenvalue weighted by Crippen LogP contribution is 2.06. The minimum Gasteiger partial charge on any atom is -0.480 e. The van der Waals surface area contributed by atoms with Crippen LogP contribution in [0.2, 0.25) is 0 Å². The van der Waals surface area contributed by atoms with Gasteiger partial charge in [-0.3, -0.25) is 4.90 Å². The Morgan fingerprint density at radius 1 is 1.30 bits per heavy atom. The number of carbonyl (C=O) groups is 2. The van der Waals surface area contributed by atoms with E-state index in [0.717, 1.165) is 19.6 Å². The van der Waals surface area contributed by atoms with Crippen LogP contribution in [0.25, 0.3) is 0 Å². The number of nitrogens with zero attached hydrogens (tertiary/aromatic N) is 2. The van der Waals surface area contributed by atoms with Crippen molar-refractivity contribution in [2.75, 3.05) is 32.7 Å². The van der Waals surface area contributed by atoms with Crippen molar-refractivity contribution in [3.05, 3.63) is 0 Å². The summed E-state index contributed by atoms with van der Waals surface area (Å²) in [6.07, 6.45) is 5.10. The molecular formula is C14H23N3O3. The quantitative estimate of drug-likeness (QED) is 0.718. The maximum Gasteiger partial charge on any atom is 0.327 e. The van der Waals surface area contributed by atoms with Crippen LogP contribution in [0.15, 0.2) is 0 Å². The molecule has 1 rings (SSSR count). The summed E-state index contributed by atoms with van der Waals surface area (Å²) in [5.41, 5.74) is 0. The van der Waals surface area contributed by atoms with Gasteiger partial charge in [-0.2, -0.15) is 0 Å². The minimum atomic E-state index is -1.10. The second kappa shape index (κ2) is 7.75. The van der Waals surface area contributed by atoms with Gasteiger partial charge in [0.1, 0.15) is 6.04 Å². The number of amides is 2.